The van der Waals surface area contributed by atoms with E-state index < -0.39 is 11.8 Å². The molecule has 0 aliphatic carbocycles. The highest BCUT2D eigenvalue weighted by Gasteiger charge is 2.26. The molecule has 0 radical (unpaired) electrons. The number of carbonyl (C=O) groups is 3. The van der Waals surface area contributed by atoms with Gasteiger partial charge in [-0.05, 0) is 30.9 Å². The number of rotatable bonds is 6. The number of para-hydroxylation sites is 1. The van der Waals surface area contributed by atoms with Crippen LogP contribution in [-0.4, -0.2) is 86.5 Å². The van der Waals surface area contributed by atoms with E-state index in [1.54, 1.807) is 11.0 Å². The quantitative estimate of drug-likeness (QED) is 0.643. The Balaban J connectivity index is 1.15. The topological polar surface area (TPSA) is 104 Å². The van der Waals surface area contributed by atoms with Crippen molar-refractivity contribution in [1.29, 1.82) is 0 Å². The second-order valence-electron chi connectivity index (χ2n) is 8.30. The normalized spacial score (nSPS) is 17.9. The maximum atomic E-state index is 12.7. The number of fused-ring (bicyclic) bond motifs is 1. The number of ether oxygens (including phenoxy) is 1. The highest BCUT2D eigenvalue weighted by Crippen LogP contribution is 2.23. The summed E-state index contributed by atoms with van der Waals surface area (Å²) in [4.78, 5) is 40.8. The van der Waals surface area contributed by atoms with Crippen LogP contribution < -0.4 is 10.6 Å². The van der Waals surface area contributed by atoms with Crippen LogP contribution in [0.2, 0.25) is 0 Å². The summed E-state index contributed by atoms with van der Waals surface area (Å²) in [5, 5.41) is 6.31. The zero-order valence-corrected chi connectivity index (χ0v) is 18.2. The minimum atomic E-state index is -0.604. The molecular weight excluding hydrogens is 412 g/mol. The molecule has 1 aromatic carbocycles. The van der Waals surface area contributed by atoms with Crippen LogP contribution in [0.1, 0.15) is 23.4 Å². The molecule has 4 rings (SSSR count). The average molecular weight is 443 g/mol. The molecule has 2 saturated heterocycles. The molecule has 0 bridgehead atoms. The summed E-state index contributed by atoms with van der Waals surface area (Å²) < 4.78 is 11.0. The van der Waals surface area contributed by atoms with Crippen molar-refractivity contribution in [1.82, 2.24) is 20.4 Å². The van der Waals surface area contributed by atoms with Gasteiger partial charge in [-0.2, -0.15) is 0 Å². The first kappa shape index (κ1) is 22.3. The van der Waals surface area contributed by atoms with Gasteiger partial charge < -0.3 is 24.7 Å². The molecule has 172 valence electrons. The summed E-state index contributed by atoms with van der Waals surface area (Å²) in [5.41, 5.74) is 0.705. The van der Waals surface area contributed by atoms with Crippen LogP contribution in [-0.2, 0) is 14.3 Å². The van der Waals surface area contributed by atoms with Crippen molar-refractivity contribution in [3.63, 3.8) is 0 Å². The number of amides is 3. The van der Waals surface area contributed by atoms with Gasteiger partial charge >= 0.3 is 11.8 Å². The molecule has 0 saturated carbocycles. The number of likely N-dealkylation sites (tertiary alicyclic amines) is 1. The van der Waals surface area contributed by atoms with Crippen molar-refractivity contribution >= 4 is 28.7 Å². The monoisotopic (exact) mass is 442 g/mol. The van der Waals surface area contributed by atoms with Crippen molar-refractivity contribution in [2.75, 3.05) is 59.0 Å². The van der Waals surface area contributed by atoms with Crippen LogP contribution in [0.4, 0.5) is 0 Å². The second kappa shape index (κ2) is 10.6. The highest BCUT2D eigenvalue weighted by atomic mass is 16.5. The van der Waals surface area contributed by atoms with Crippen LogP contribution in [0.3, 0.4) is 0 Å². The summed E-state index contributed by atoms with van der Waals surface area (Å²) >= 11 is 0. The lowest BCUT2D eigenvalue weighted by Gasteiger charge is -2.31. The molecular formula is C23H30N4O5. The number of benzene rings is 1. The Labute approximate surface area is 187 Å². The predicted octanol–water partition coefficient (Wildman–Crippen LogP) is 0.850. The van der Waals surface area contributed by atoms with Gasteiger partial charge in [0.2, 0.25) is 0 Å². The summed E-state index contributed by atoms with van der Waals surface area (Å²) in [5.74, 6) is -0.724. The highest BCUT2D eigenvalue weighted by molar-refractivity contribution is 6.35. The number of nitrogens with one attached hydrogen (secondary N) is 2. The standard InChI is InChI=1S/C23H30N4O5/c28-21(24-7-10-26-11-13-31-14-12-26)22(29)25-16-17-5-8-27(9-6-17)23(30)20-15-18-3-1-2-4-19(18)32-20/h1-4,15,17H,5-14,16H2,(H,24,28)(H,25,29). The predicted molar refractivity (Wildman–Crippen MR) is 118 cm³/mol. The lowest BCUT2D eigenvalue weighted by molar-refractivity contribution is -0.139. The van der Waals surface area contributed by atoms with E-state index in [9.17, 15) is 14.4 Å². The van der Waals surface area contributed by atoms with Crippen molar-refractivity contribution in [3.05, 3.63) is 36.1 Å². The van der Waals surface area contributed by atoms with E-state index in [1.165, 1.54) is 0 Å². The molecule has 2 aliphatic heterocycles. The molecule has 2 aromatic rings. The number of carbonyl (C=O) groups excluding carboxylic acids is 3. The Hall–Kier alpha value is -2.91. The van der Waals surface area contributed by atoms with Crippen molar-refractivity contribution < 1.29 is 23.5 Å². The molecule has 32 heavy (non-hydrogen) atoms. The zero-order valence-electron chi connectivity index (χ0n) is 18.2. The number of hydrogen-bond acceptors (Lipinski definition) is 6. The Morgan fingerprint density at radius 1 is 0.969 bits per heavy atom. The van der Waals surface area contributed by atoms with E-state index in [0.29, 0.717) is 57.3 Å². The molecule has 1 aromatic heterocycles. The molecule has 9 nitrogen and oxygen atoms in total. The van der Waals surface area contributed by atoms with E-state index in [-0.39, 0.29) is 11.8 Å². The molecule has 0 spiro atoms. The van der Waals surface area contributed by atoms with Crippen LogP contribution in [0.25, 0.3) is 11.0 Å². The second-order valence-corrected chi connectivity index (χ2v) is 8.30. The van der Waals surface area contributed by atoms with E-state index >= 15 is 0 Å². The van der Waals surface area contributed by atoms with E-state index in [2.05, 4.69) is 15.5 Å². The molecule has 3 heterocycles. The molecule has 2 aliphatic rings. The first-order valence-corrected chi connectivity index (χ1v) is 11.2. The van der Waals surface area contributed by atoms with Crippen LogP contribution in [0.5, 0.6) is 0 Å². The van der Waals surface area contributed by atoms with Gasteiger partial charge in [0.15, 0.2) is 5.76 Å². The number of piperidine rings is 1. The average Bonchev–Trinajstić information content (AvgIpc) is 3.27. The number of nitrogens with zero attached hydrogens (tertiary/aromatic N) is 2. The minimum absolute atomic E-state index is 0.108. The molecule has 0 atom stereocenters. The van der Waals surface area contributed by atoms with Gasteiger partial charge in [-0.3, -0.25) is 19.3 Å². The molecule has 9 heteroatoms. The summed E-state index contributed by atoms with van der Waals surface area (Å²) in [6, 6.07) is 9.34. The third-order valence-corrected chi connectivity index (χ3v) is 6.11. The number of hydrogen-bond donors (Lipinski definition) is 2. The SMILES string of the molecule is O=C(NCCN1CCOCC1)C(=O)NCC1CCN(C(=O)c2cc3ccccc3o2)CC1. The van der Waals surface area contributed by atoms with Gasteiger partial charge in [-0.25, -0.2) is 0 Å². The Morgan fingerprint density at radius 2 is 1.69 bits per heavy atom. The first-order chi connectivity index (χ1) is 15.6. The van der Waals surface area contributed by atoms with Crippen molar-refractivity contribution in [2.24, 2.45) is 5.92 Å². The maximum Gasteiger partial charge on any atom is 0.309 e. The van der Waals surface area contributed by atoms with Crippen LogP contribution in [0, 0.1) is 5.92 Å². The number of furan rings is 1. The fourth-order valence-corrected chi connectivity index (χ4v) is 4.13. The molecule has 2 N–H and O–H groups in total. The molecule has 3 amide bonds. The number of morpholine rings is 1. The Bertz CT molecular complexity index is 912. The van der Waals surface area contributed by atoms with Gasteiger partial charge in [0.05, 0.1) is 13.2 Å². The third kappa shape index (κ3) is 5.66. The van der Waals surface area contributed by atoms with Gasteiger partial charge in [-0.1, -0.05) is 18.2 Å². The van der Waals surface area contributed by atoms with Gasteiger partial charge in [-0.15, -0.1) is 0 Å². The summed E-state index contributed by atoms with van der Waals surface area (Å²) in [6.07, 6.45) is 1.54. The van der Waals surface area contributed by atoms with Gasteiger partial charge in [0.1, 0.15) is 5.58 Å². The van der Waals surface area contributed by atoms with Gasteiger partial charge in [0.25, 0.3) is 5.91 Å². The fraction of sp³-hybridized carbons (Fsp3) is 0.522. The fourth-order valence-electron chi connectivity index (χ4n) is 4.13. The van der Waals surface area contributed by atoms with E-state index in [4.69, 9.17) is 9.15 Å². The summed E-state index contributed by atoms with van der Waals surface area (Å²) in [6.45, 7) is 5.88. The first-order valence-electron chi connectivity index (χ1n) is 11.2. The Morgan fingerprint density at radius 3 is 2.44 bits per heavy atom. The Kier molecular flexibility index (Phi) is 7.39. The summed E-state index contributed by atoms with van der Waals surface area (Å²) in [7, 11) is 0. The smallest absolute Gasteiger partial charge is 0.309 e. The zero-order chi connectivity index (χ0) is 22.3. The van der Waals surface area contributed by atoms with Crippen LogP contribution >= 0.6 is 0 Å². The molecule has 0 unspecified atom stereocenters. The maximum absolute atomic E-state index is 12.7. The third-order valence-electron chi connectivity index (χ3n) is 6.11. The lowest BCUT2D eigenvalue weighted by Crippen LogP contribution is -2.46. The molecule has 2 fully saturated rings. The largest absolute Gasteiger partial charge is 0.451 e. The van der Waals surface area contributed by atoms with Crippen LogP contribution in [0.15, 0.2) is 34.7 Å². The van der Waals surface area contributed by atoms with E-state index in [1.807, 2.05) is 24.3 Å². The van der Waals surface area contributed by atoms with Crippen molar-refractivity contribution in [3.8, 4) is 0 Å². The van der Waals surface area contributed by atoms with Crippen molar-refractivity contribution in [2.45, 2.75) is 12.8 Å². The lowest BCUT2D eigenvalue weighted by atomic mass is 9.96. The minimum Gasteiger partial charge on any atom is -0.451 e. The van der Waals surface area contributed by atoms with E-state index in [0.717, 1.165) is 31.3 Å². The van der Waals surface area contributed by atoms with Gasteiger partial charge in [0, 0.05) is 51.2 Å².